The summed E-state index contributed by atoms with van der Waals surface area (Å²) in [6, 6.07) is 4.01. The molecule has 0 aromatic carbocycles. The van der Waals surface area contributed by atoms with Crippen molar-refractivity contribution in [2.75, 3.05) is 5.75 Å². The standard InChI is InChI=1S/C12H22N2O2S/c1-10(2)17(15,16)8-7-14-6-4-5-12(14)9-11(3)13/h4-6,10-11H,7-9,13H2,1-3H3. The third-order valence-corrected chi connectivity index (χ3v) is 4.98. The van der Waals surface area contributed by atoms with Gasteiger partial charge in [0.1, 0.15) is 0 Å². The summed E-state index contributed by atoms with van der Waals surface area (Å²) in [6.07, 6.45) is 2.68. The van der Waals surface area contributed by atoms with Gasteiger partial charge >= 0.3 is 0 Å². The normalized spacial score (nSPS) is 14.2. The van der Waals surface area contributed by atoms with Crippen molar-refractivity contribution in [2.45, 2.75) is 45.0 Å². The molecule has 1 heterocycles. The Morgan fingerprint density at radius 1 is 1.35 bits per heavy atom. The summed E-state index contributed by atoms with van der Waals surface area (Å²) in [6.45, 7) is 5.89. The Hall–Kier alpha value is -0.810. The first-order chi connectivity index (χ1) is 7.83. The lowest BCUT2D eigenvalue weighted by molar-refractivity contribution is 0.577. The first kappa shape index (κ1) is 14.3. The van der Waals surface area contributed by atoms with Gasteiger partial charge in [-0.15, -0.1) is 0 Å². The fourth-order valence-corrected chi connectivity index (χ4v) is 2.57. The number of nitrogens with two attached hydrogens (primary N) is 1. The van der Waals surface area contributed by atoms with Gasteiger partial charge in [-0.05, 0) is 32.9 Å². The molecule has 0 bridgehead atoms. The molecule has 1 rings (SSSR count). The van der Waals surface area contributed by atoms with E-state index in [1.807, 2.05) is 29.8 Å². The number of hydrogen-bond donors (Lipinski definition) is 1. The zero-order valence-electron chi connectivity index (χ0n) is 10.8. The van der Waals surface area contributed by atoms with Crippen LogP contribution in [0.5, 0.6) is 0 Å². The van der Waals surface area contributed by atoms with Crippen molar-refractivity contribution in [1.82, 2.24) is 4.57 Å². The minimum absolute atomic E-state index is 0.0883. The first-order valence-corrected chi connectivity index (χ1v) is 7.65. The Kier molecular flexibility index (Phi) is 4.77. The number of nitrogens with zero attached hydrogens (tertiary/aromatic N) is 1. The Morgan fingerprint density at radius 3 is 2.53 bits per heavy atom. The lowest BCUT2D eigenvalue weighted by atomic mass is 10.2. The van der Waals surface area contributed by atoms with E-state index in [-0.39, 0.29) is 17.0 Å². The molecular weight excluding hydrogens is 236 g/mol. The van der Waals surface area contributed by atoms with Crippen molar-refractivity contribution in [1.29, 1.82) is 0 Å². The van der Waals surface area contributed by atoms with Gasteiger partial charge < -0.3 is 10.3 Å². The van der Waals surface area contributed by atoms with Crippen LogP contribution in [0.2, 0.25) is 0 Å². The third-order valence-electron chi connectivity index (χ3n) is 2.79. The highest BCUT2D eigenvalue weighted by Gasteiger charge is 2.16. The van der Waals surface area contributed by atoms with Crippen LogP contribution < -0.4 is 5.73 Å². The predicted octanol–water partition coefficient (Wildman–Crippen LogP) is 1.20. The fourth-order valence-electron chi connectivity index (χ4n) is 1.64. The topological polar surface area (TPSA) is 65.1 Å². The summed E-state index contributed by atoms with van der Waals surface area (Å²) >= 11 is 0. The van der Waals surface area contributed by atoms with E-state index < -0.39 is 9.84 Å². The Bertz CT molecular complexity index is 447. The van der Waals surface area contributed by atoms with Gasteiger partial charge in [0, 0.05) is 30.9 Å². The lowest BCUT2D eigenvalue weighted by Gasteiger charge is -2.12. The molecule has 98 valence electrons. The molecule has 0 saturated carbocycles. The van der Waals surface area contributed by atoms with E-state index in [1.165, 1.54) is 0 Å². The molecule has 1 aromatic rings. The van der Waals surface area contributed by atoms with Crippen molar-refractivity contribution < 1.29 is 8.42 Å². The molecule has 0 saturated heterocycles. The molecule has 0 spiro atoms. The number of sulfone groups is 1. The van der Waals surface area contributed by atoms with Gasteiger partial charge in [-0.2, -0.15) is 0 Å². The molecular formula is C12H22N2O2S. The van der Waals surface area contributed by atoms with Crippen LogP contribution in [-0.4, -0.2) is 30.0 Å². The van der Waals surface area contributed by atoms with Crippen LogP contribution in [0.15, 0.2) is 18.3 Å². The molecule has 5 heteroatoms. The Balaban J connectivity index is 2.67. The zero-order chi connectivity index (χ0) is 13.1. The average molecular weight is 258 g/mol. The van der Waals surface area contributed by atoms with Gasteiger partial charge in [-0.25, -0.2) is 8.42 Å². The summed E-state index contributed by atoms with van der Waals surface area (Å²) in [7, 11) is -2.97. The van der Waals surface area contributed by atoms with E-state index in [2.05, 4.69) is 0 Å². The van der Waals surface area contributed by atoms with E-state index in [4.69, 9.17) is 5.73 Å². The molecule has 1 aromatic heterocycles. The van der Waals surface area contributed by atoms with Crippen LogP contribution >= 0.6 is 0 Å². The van der Waals surface area contributed by atoms with Crippen LogP contribution in [0.1, 0.15) is 26.5 Å². The van der Waals surface area contributed by atoms with Crippen molar-refractivity contribution >= 4 is 9.84 Å². The molecule has 0 aliphatic rings. The van der Waals surface area contributed by atoms with Gasteiger partial charge in [0.05, 0.1) is 11.0 Å². The number of rotatable bonds is 6. The second-order valence-corrected chi connectivity index (χ2v) is 7.47. The molecule has 17 heavy (non-hydrogen) atoms. The van der Waals surface area contributed by atoms with Crippen molar-refractivity contribution in [2.24, 2.45) is 5.73 Å². The first-order valence-electron chi connectivity index (χ1n) is 5.94. The average Bonchev–Trinajstić information content (AvgIpc) is 2.61. The maximum absolute atomic E-state index is 11.7. The van der Waals surface area contributed by atoms with E-state index in [0.717, 1.165) is 12.1 Å². The van der Waals surface area contributed by atoms with Crippen molar-refractivity contribution in [3.8, 4) is 0 Å². The Labute approximate surface area is 104 Å². The van der Waals surface area contributed by atoms with Crippen LogP contribution in [0, 0.1) is 0 Å². The smallest absolute Gasteiger partial charge is 0.154 e. The second kappa shape index (κ2) is 5.69. The van der Waals surface area contributed by atoms with Gasteiger partial charge in [0.25, 0.3) is 0 Å². The molecule has 0 fully saturated rings. The molecule has 0 aliphatic carbocycles. The minimum atomic E-state index is -2.97. The van der Waals surface area contributed by atoms with Gasteiger partial charge in [-0.1, -0.05) is 0 Å². The van der Waals surface area contributed by atoms with Crippen molar-refractivity contribution in [3.63, 3.8) is 0 Å². The summed E-state index contributed by atoms with van der Waals surface area (Å²) in [5, 5.41) is -0.310. The largest absolute Gasteiger partial charge is 0.350 e. The lowest BCUT2D eigenvalue weighted by Crippen LogP contribution is -2.23. The summed E-state index contributed by atoms with van der Waals surface area (Å²) < 4.78 is 25.4. The molecule has 1 unspecified atom stereocenters. The maximum Gasteiger partial charge on any atom is 0.154 e. The minimum Gasteiger partial charge on any atom is -0.350 e. The Morgan fingerprint density at radius 2 is 2.00 bits per heavy atom. The van der Waals surface area contributed by atoms with E-state index >= 15 is 0 Å². The fraction of sp³-hybridized carbons (Fsp3) is 0.667. The molecule has 4 nitrogen and oxygen atoms in total. The molecule has 0 radical (unpaired) electrons. The van der Waals surface area contributed by atoms with E-state index in [1.54, 1.807) is 13.8 Å². The number of aromatic nitrogens is 1. The van der Waals surface area contributed by atoms with E-state index in [0.29, 0.717) is 6.54 Å². The summed E-state index contributed by atoms with van der Waals surface area (Å²) in [5.41, 5.74) is 6.85. The monoisotopic (exact) mass is 258 g/mol. The van der Waals surface area contributed by atoms with Crippen molar-refractivity contribution in [3.05, 3.63) is 24.0 Å². The highest BCUT2D eigenvalue weighted by molar-refractivity contribution is 7.91. The SMILES string of the molecule is CC(N)Cc1cccn1CCS(=O)(=O)C(C)C. The number of hydrogen-bond acceptors (Lipinski definition) is 3. The highest BCUT2D eigenvalue weighted by Crippen LogP contribution is 2.08. The van der Waals surface area contributed by atoms with Crippen LogP contribution in [0.3, 0.4) is 0 Å². The number of aryl methyl sites for hydroxylation is 1. The molecule has 1 atom stereocenters. The van der Waals surface area contributed by atoms with Gasteiger partial charge in [0.15, 0.2) is 9.84 Å². The van der Waals surface area contributed by atoms with Gasteiger partial charge in [-0.3, -0.25) is 0 Å². The van der Waals surface area contributed by atoms with Crippen LogP contribution in [-0.2, 0) is 22.8 Å². The molecule has 0 aliphatic heterocycles. The highest BCUT2D eigenvalue weighted by atomic mass is 32.2. The van der Waals surface area contributed by atoms with E-state index in [9.17, 15) is 8.42 Å². The van der Waals surface area contributed by atoms with Crippen LogP contribution in [0.4, 0.5) is 0 Å². The predicted molar refractivity (Wildman–Crippen MR) is 70.7 cm³/mol. The second-order valence-electron chi connectivity index (χ2n) is 4.79. The third kappa shape index (κ3) is 4.16. The zero-order valence-corrected chi connectivity index (χ0v) is 11.6. The van der Waals surface area contributed by atoms with Crippen LogP contribution in [0.25, 0.3) is 0 Å². The quantitative estimate of drug-likeness (QED) is 0.834. The molecule has 2 N–H and O–H groups in total. The van der Waals surface area contributed by atoms with Gasteiger partial charge in [0.2, 0.25) is 0 Å². The maximum atomic E-state index is 11.7. The summed E-state index contributed by atoms with van der Waals surface area (Å²) in [5.74, 6) is 0.186. The summed E-state index contributed by atoms with van der Waals surface area (Å²) in [4.78, 5) is 0. The molecule has 0 amide bonds.